The van der Waals surface area contributed by atoms with Crippen LogP contribution in [0.3, 0.4) is 0 Å². The van der Waals surface area contributed by atoms with Gasteiger partial charge in [0.05, 0.1) is 17.5 Å². The molecule has 0 atom stereocenters. The fourth-order valence-electron chi connectivity index (χ4n) is 3.68. The van der Waals surface area contributed by atoms with Crippen LogP contribution in [-0.2, 0) is 4.79 Å². The van der Waals surface area contributed by atoms with Crippen LogP contribution in [0, 0.1) is 5.92 Å². The Labute approximate surface area is 198 Å². The number of anilines is 2. The first-order valence-electron chi connectivity index (χ1n) is 11.0. The summed E-state index contributed by atoms with van der Waals surface area (Å²) in [5.74, 6) is 2.72. The number of para-hydroxylation sites is 1. The van der Waals surface area contributed by atoms with Crippen LogP contribution in [0.25, 0.3) is 21.6 Å². The van der Waals surface area contributed by atoms with Gasteiger partial charge in [-0.2, -0.15) is 0 Å². The van der Waals surface area contributed by atoms with Gasteiger partial charge < -0.3 is 15.0 Å². The summed E-state index contributed by atoms with van der Waals surface area (Å²) in [6, 6.07) is 19.5. The second-order valence-electron chi connectivity index (χ2n) is 8.23. The molecule has 0 aliphatic rings. The van der Waals surface area contributed by atoms with Gasteiger partial charge >= 0.3 is 0 Å². The lowest BCUT2D eigenvalue weighted by molar-refractivity contribution is -0.116. The van der Waals surface area contributed by atoms with E-state index in [4.69, 9.17) is 14.7 Å². The molecule has 2 aromatic heterocycles. The van der Waals surface area contributed by atoms with Crippen LogP contribution < -0.4 is 15.0 Å². The fraction of sp³-hybridized carbons (Fsp3) is 0.269. The van der Waals surface area contributed by atoms with E-state index in [0.717, 1.165) is 45.4 Å². The van der Waals surface area contributed by atoms with Crippen LogP contribution in [0.2, 0.25) is 0 Å². The summed E-state index contributed by atoms with van der Waals surface area (Å²) in [5, 5.41) is 6.00. The Bertz CT molecular complexity index is 1210. The molecule has 0 aliphatic carbocycles. The highest BCUT2D eigenvalue weighted by molar-refractivity contribution is 7.13. The first-order chi connectivity index (χ1) is 16.0. The van der Waals surface area contributed by atoms with E-state index >= 15 is 0 Å². The molecule has 1 N–H and O–H groups in total. The molecule has 0 bridgehead atoms. The number of methoxy groups -OCH3 is 1. The Kier molecular flexibility index (Phi) is 7.19. The molecule has 0 saturated heterocycles. The van der Waals surface area contributed by atoms with Crippen LogP contribution in [0.4, 0.5) is 11.5 Å². The third kappa shape index (κ3) is 5.68. The van der Waals surface area contributed by atoms with Crippen molar-refractivity contribution in [2.45, 2.75) is 20.3 Å². The Balaban J connectivity index is 1.58. The summed E-state index contributed by atoms with van der Waals surface area (Å²) in [4.78, 5) is 25.7. The quantitative estimate of drug-likeness (QED) is 0.339. The summed E-state index contributed by atoms with van der Waals surface area (Å²) in [7, 11) is 1.62. The lowest BCUT2D eigenvalue weighted by Gasteiger charge is -2.27. The largest absolute Gasteiger partial charge is 0.497 e. The standard InChI is InChI=1S/C26H28N4O2S/c1-18(2)17-30(15-14-24(31)27-19-10-12-20(32-3)13-11-19)26-21-7-4-5-8-22(21)28-25(29-26)23-9-6-16-33-23/h4-13,16,18H,14-15,17H2,1-3H3,(H,27,31). The first kappa shape index (κ1) is 22.7. The normalized spacial score (nSPS) is 11.0. The number of benzene rings is 2. The van der Waals surface area contributed by atoms with E-state index in [1.807, 2.05) is 66.0 Å². The van der Waals surface area contributed by atoms with Crippen LogP contribution in [0.5, 0.6) is 5.75 Å². The molecule has 2 heterocycles. The van der Waals surface area contributed by atoms with Crippen molar-refractivity contribution in [3.8, 4) is 16.5 Å². The van der Waals surface area contributed by atoms with E-state index in [1.165, 1.54) is 0 Å². The number of nitrogens with zero attached hydrogens (tertiary/aromatic N) is 3. The Hall–Kier alpha value is -3.45. The molecule has 4 rings (SSSR count). The number of ether oxygens (including phenoxy) is 1. The van der Waals surface area contributed by atoms with Gasteiger partial charge in [0, 0.05) is 30.6 Å². The zero-order valence-corrected chi connectivity index (χ0v) is 19.9. The van der Waals surface area contributed by atoms with E-state index in [1.54, 1.807) is 18.4 Å². The van der Waals surface area contributed by atoms with Gasteiger partial charge in [0.1, 0.15) is 11.6 Å². The number of rotatable bonds is 9. The van der Waals surface area contributed by atoms with Gasteiger partial charge in [-0.3, -0.25) is 4.79 Å². The number of fused-ring (bicyclic) bond motifs is 1. The second kappa shape index (κ2) is 10.4. The number of carbonyl (C=O) groups is 1. The molecular weight excluding hydrogens is 432 g/mol. The average molecular weight is 461 g/mol. The third-order valence-electron chi connectivity index (χ3n) is 5.19. The zero-order chi connectivity index (χ0) is 23.2. The molecule has 4 aromatic rings. The Morgan fingerprint density at radius 1 is 1.06 bits per heavy atom. The molecule has 0 spiro atoms. The molecule has 6 nitrogen and oxygen atoms in total. The Morgan fingerprint density at radius 2 is 1.85 bits per heavy atom. The number of aromatic nitrogens is 2. The number of amides is 1. The van der Waals surface area contributed by atoms with Crippen LogP contribution in [0.1, 0.15) is 20.3 Å². The van der Waals surface area contributed by atoms with E-state index in [-0.39, 0.29) is 5.91 Å². The van der Waals surface area contributed by atoms with Gasteiger partial charge in [-0.1, -0.05) is 32.0 Å². The molecule has 7 heteroatoms. The van der Waals surface area contributed by atoms with Crippen molar-refractivity contribution in [3.63, 3.8) is 0 Å². The Morgan fingerprint density at radius 3 is 2.55 bits per heavy atom. The minimum Gasteiger partial charge on any atom is -0.497 e. The summed E-state index contributed by atoms with van der Waals surface area (Å²) < 4.78 is 5.18. The average Bonchev–Trinajstić information content (AvgIpc) is 3.36. The highest BCUT2D eigenvalue weighted by Crippen LogP contribution is 2.30. The van der Waals surface area contributed by atoms with Crippen molar-refractivity contribution >= 4 is 39.7 Å². The molecule has 2 aromatic carbocycles. The van der Waals surface area contributed by atoms with Crippen molar-refractivity contribution < 1.29 is 9.53 Å². The lowest BCUT2D eigenvalue weighted by Crippen LogP contribution is -2.32. The fourth-order valence-corrected chi connectivity index (χ4v) is 4.33. The number of hydrogen-bond donors (Lipinski definition) is 1. The maximum atomic E-state index is 12.7. The van der Waals surface area contributed by atoms with Gasteiger partial charge in [0.15, 0.2) is 5.82 Å². The van der Waals surface area contributed by atoms with Gasteiger partial charge in [-0.25, -0.2) is 9.97 Å². The highest BCUT2D eigenvalue weighted by atomic mass is 32.1. The molecular formula is C26H28N4O2S. The smallest absolute Gasteiger partial charge is 0.226 e. The van der Waals surface area contributed by atoms with Crippen molar-refractivity contribution in [1.29, 1.82) is 0 Å². The highest BCUT2D eigenvalue weighted by Gasteiger charge is 2.18. The predicted molar refractivity (Wildman–Crippen MR) is 136 cm³/mol. The maximum Gasteiger partial charge on any atom is 0.226 e. The second-order valence-corrected chi connectivity index (χ2v) is 9.18. The molecule has 0 radical (unpaired) electrons. The van der Waals surface area contributed by atoms with Crippen LogP contribution >= 0.6 is 11.3 Å². The minimum absolute atomic E-state index is 0.0363. The van der Waals surface area contributed by atoms with E-state index < -0.39 is 0 Å². The van der Waals surface area contributed by atoms with Gasteiger partial charge in [0.25, 0.3) is 0 Å². The van der Waals surface area contributed by atoms with Crippen molar-refractivity contribution in [2.75, 3.05) is 30.4 Å². The SMILES string of the molecule is COc1ccc(NC(=O)CCN(CC(C)C)c2nc(-c3cccs3)nc3ccccc23)cc1. The third-order valence-corrected chi connectivity index (χ3v) is 6.06. The van der Waals surface area contributed by atoms with E-state index in [2.05, 4.69) is 24.1 Å². The molecule has 1 amide bonds. The minimum atomic E-state index is -0.0363. The number of hydrogen-bond acceptors (Lipinski definition) is 6. The summed E-state index contributed by atoms with van der Waals surface area (Å²) in [6.45, 7) is 5.70. The molecule has 0 aliphatic heterocycles. The van der Waals surface area contributed by atoms with Gasteiger partial charge in [-0.05, 0) is 53.8 Å². The summed E-state index contributed by atoms with van der Waals surface area (Å²) in [5.41, 5.74) is 1.66. The lowest BCUT2D eigenvalue weighted by atomic mass is 10.1. The summed E-state index contributed by atoms with van der Waals surface area (Å²) in [6.07, 6.45) is 0.353. The van der Waals surface area contributed by atoms with Crippen molar-refractivity contribution in [1.82, 2.24) is 9.97 Å². The van der Waals surface area contributed by atoms with Crippen LogP contribution in [0.15, 0.2) is 66.0 Å². The van der Waals surface area contributed by atoms with Crippen molar-refractivity contribution in [2.24, 2.45) is 5.92 Å². The van der Waals surface area contributed by atoms with Gasteiger partial charge in [-0.15, -0.1) is 11.3 Å². The molecule has 33 heavy (non-hydrogen) atoms. The molecule has 0 fully saturated rings. The number of nitrogens with one attached hydrogen (secondary N) is 1. The predicted octanol–water partition coefficient (Wildman–Crippen LogP) is 5.86. The summed E-state index contributed by atoms with van der Waals surface area (Å²) >= 11 is 1.62. The number of thiophene rings is 1. The van der Waals surface area contributed by atoms with Crippen molar-refractivity contribution in [3.05, 3.63) is 66.0 Å². The molecule has 170 valence electrons. The maximum absolute atomic E-state index is 12.7. The van der Waals surface area contributed by atoms with Gasteiger partial charge in [0.2, 0.25) is 5.91 Å². The molecule has 0 saturated carbocycles. The molecule has 0 unspecified atom stereocenters. The number of carbonyl (C=O) groups excluding carboxylic acids is 1. The van der Waals surface area contributed by atoms with Crippen LogP contribution in [-0.4, -0.2) is 36.1 Å². The van der Waals surface area contributed by atoms with E-state index in [0.29, 0.717) is 18.9 Å². The zero-order valence-electron chi connectivity index (χ0n) is 19.1. The first-order valence-corrected chi connectivity index (χ1v) is 11.9. The monoisotopic (exact) mass is 460 g/mol. The van der Waals surface area contributed by atoms with E-state index in [9.17, 15) is 4.79 Å². The topological polar surface area (TPSA) is 67.3 Å².